The minimum Gasteiger partial charge on any atom is -0.381 e. The van der Waals surface area contributed by atoms with Gasteiger partial charge < -0.3 is 15.0 Å². The van der Waals surface area contributed by atoms with Gasteiger partial charge in [0.25, 0.3) is 0 Å². The molecule has 3 heteroatoms. The van der Waals surface area contributed by atoms with E-state index in [1.54, 1.807) is 0 Å². The van der Waals surface area contributed by atoms with E-state index in [1.165, 1.54) is 25.8 Å². The fourth-order valence-corrected chi connectivity index (χ4v) is 2.43. The van der Waals surface area contributed by atoms with Crippen molar-refractivity contribution in [3.05, 3.63) is 0 Å². The monoisotopic (exact) mass is 228 g/mol. The molecule has 1 rings (SSSR count). The van der Waals surface area contributed by atoms with E-state index in [0.717, 1.165) is 32.2 Å². The summed E-state index contributed by atoms with van der Waals surface area (Å²) in [6, 6.07) is 0.668. The van der Waals surface area contributed by atoms with E-state index >= 15 is 0 Å². The summed E-state index contributed by atoms with van der Waals surface area (Å²) in [5.41, 5.74) is 0. The lowest BCUT2D eigenvalue weighted by Gasteiger charge is -2.32. The van der Waals surface area contributed by atoms with Gasteiger partial charge in [0.15, 0.2) is 0 Å². The maximum absolute atomic E-state index is 5.54. The van der Waals surface area contributed by atoms with Gasteiger partial charge in [-0.05, 0) is 38.8 Å². The number of hydrogen-bond donors (Lipinski definition) is 1. The van der Waals surface area contributed by atoms with Gasteiger partial charge in [-0.2, -0.15) is 0 Å². The predicted octanol–water partition coefficient (Wildman–Crippen LogP) is 1.73. The summed E-state index contributed by atoms with van der Waals surface area (Å²) in [6.07, 6.45) is 3.79. The van der Waals surface area contributed by atoms with Crippen molar-refractivity contribution in [2.75, 3.05) is 39.9 Å². The Labute approximate surface area is 101 Å². The third-order valence-electron chi connectivity index (χ3n) is 3.53. The molecule has 1 aliphatic rings. The Hall–Kier alpha value is -0.120. The summed E-state index contributed by atoms with van der Waals surface area (Å²) < 4.78 is 5.54. The molecule has 2 unspecified atom stereocenters. The molecule has 1 fully saturated rings. The van der Waals surface area contributed by atoms with E-state index in [0.29, 0.717) is 6.04 Å². The van der Waals surface area contributed by atoms with Crippen molar-refractivity contribution in [3.8, 4) is 0 Å². The maximum atomic E-state index is 5.54. The minimum absolute atomic E-state index is 0.668. The third-order valence-corrected chi connectivity index (χ3v) is 3.53. The molecule has 0 aromatic rings. The van der Waals surface area contributed by atoms with Gasteiger partial charge in [0.2, 0.25) is 0 Å². The predicted molar refractivity (Wildman–Crippen MR) is 68.8 cm³/mol. The van der Waals surface area contributed by atoms with Crippen molar-refractivity contribution < 1.29 is 4.74 Å². The Morgan fingerprint density at radius 3 is 2.81 bits per heavy atom. The van der Waals surface area contributed by atoms with Gasteiger partial charge in [0.1, 0.15) is 0 Å². The highest BCUT2D eigenvalue weighted by Gasteiger charge is 2.19. The molecule has 1 N–H and O–H groups in total. The summed E-state index contributed by atoms with van der Waals surface area (Å²) >= 11 is 0. The summed E-state index contributed by atoms with van der Waals surface area (Å²) in [4.78, 5) is 2.50. The maximum Gasteiger partial charge on any atom is 0.0506 e. The molecule has 0 amide bonds. The summed E-state index contributed by atoms with van der Waals surface area (Å²) in [6.45, 7) is 9.73. The molecular formula is C13H28N2O. The van der Waals surface area contributed by atoms with Crippen LogP contribution < -0.4 is 5.32 Å². The highest BCUT2D eigenvalue weighted by Crippen LogP contribution is 2.15. The second kappa shape index (κ2) is 8.04. The molecule has 2 atom stereocenters. The molecule has 16 heavy (non-hydrogen) atoms. The zero-order chi connectivity index (χ0) is 11.8. The lowest BCUT2D eigenvalue weighted by atomic mass is 10.0. The number of rotatable bonds is 7. The van der Waals surface area contributed by atoms with Crippen LogP contribution in [0.5, 0.6) is 0 Å². The van der Waals surface area contributed by atoms with Crippen LogP contribution in [0, 0.1) is 5.92 Å². The third kappa shape index (κ3) is 4.81. The SMILES string of the molecule is CCNCC(CC)N(C)CC1CCCOC1. The van der Waals surface area contributed by atoms with E-state index in [-0.39, 0.29) is 0 Å². The van der Waals surface area contributed by atoms with Crippen LogP contribution in [-0.2, 0) is 4.74 Å². The first kappa shape index (κ1) is 13.9. The standard InChI is InChI=1S/C13H28N2O/c1-4-13(9-14-5-2)15(3)10-12-7-6-8-16-11-12/h12-14H,4-11H2,1-3H3. The topological polar surface area (TPSA) is 24.5 Å². The fourth-order valence-electron chi connectivity index (χ4n) is 2.43. The van der Waals surface area contributed by atoms with Crippen LogP contribution in [-0.4, -0.2) is 50.8 Å². The fraction of sp³-hybridized carbons (Fsp3) is 1.00. The van der Waals surface area contributed by atoms with Gasteiger partial charge in [-0.3, -0.25) is 0 Å². The number of ether oxygens (including phenoxy) is 1. The molecule has 3 nitrogen and oxygen atoms in total. The molecule has 0 spiro atoms. The van der Waals surface area contributed by atoms with E-state index < -0.39 is 0 Å². The Morgan fingerprint density at radius 2 is 2.25 bits per heavy atom. The van der Waals surface area contributed by atoms with Gasteiger partial charge in [-0.15, -0.1) is 0 Å². The molecular weight excluding hydrogens is 200 g/mol. The van der Waals surface area contributed by atoms with Crippen LogP contribution in [0.3, 0.4) is 0 Å². The lowest BCUT2D eigenvalue weighted by Crippen LogP contribution is -2.43. The first-order valence-corrected chi connectivity index (χ1v) is 6.76. The first-order valence-electron chi connectivity index (χ1n) is 6.76. The van der Waals surface area contributed by atoms with Crippen molar-refractivity contribution in [2.24, 2.45) is 5.92 Å². The van der Waals surface area contributed by atoms with Gasteiger partial charge in [-0.25, -0.2) is 0 Å². The Balaban J connectivity index is 2.26. The van der Waals surface area contributed by atoms with Crippen molar-refractivity contribution in [1.82, 2.24) is 10.2 Å². The Kier molecular flexibility index (Phi) is 7.01. The number of hydrogen-bond acceptors (Lipinski definition) is 3. The summed E-state index contributed by atoms with van der Waals surface area (Å²) in [5, 5.41) is 3.44. The van der Waals surface area contributed by atoms with E-state index in [9.17, 15) is 0 Å². The smallest absolute Gasteiger partial charge is 0.0506 e. The molecule has 0 aromatic carbocycles. The van der Waals surface area contributed by atoms with Crippen molar-refractivity contribution >= 4 is 0 Å². The minimum atomic E-state index is 0.668. The average Bonchev–Trinajstić information content (AvgIpc) is 2.31. The van der Waals surface area contributed by atoms with Crippen molar-refractivity contribution in [2.45, 2.75) is 39.2 Å². The van der Waals surface area contributed by atoms with Crippen LogP contribution in [0.25, 0.3) is 0 Å². The van der Waals surface area contributed by atoms with E-state index in [1.807, 2.05) is 0 Å². The Morgan fingerprint density at radius 1 is 1.44 bits per heavy atom. The number of nitrogens with zero attached hydrogens (tertiary/aromatic N) is 1. The number of nitrogens with one attached hydrogen (secondary N) is 1. The zero-order valence-corrected chi connectivity index (χ0v) is 11.2. The summed E-state index contributed by atoms with van der Waals surface area (Å²) in [5.74, 6) is 0.745. The molecule has 0 aromatic heterocycles. The molecule has 96 valence electrons. The second-order valence-corrected chi connectivity index (χ2v) is 4.89. The summed E-state index contributed by atoms with van der Waals surface area (Å²) in [7, 11) is 2.25. The molecule has 0 bridgehead atoms. The van der Waals surface area contributed by atoms with Gasteiger partial charge in [0.05, 0.1) is 6.61 Å². The van der Waals surface area contributed by atoms with Crippen LogP contribution in [0.2, 0.25) is 0 Å². The highest BCUT2D eigenvalue weighted by atomic mass is 16.5. The average molecular weight is 228 g/mol. The molecule has 0 saturated carbocycles. The molecule has 1 aliphatic heterocycles. The van der Waals surface area contributed by atoms with Gasteiger partial charge in [-0.1, -0.05) is 13.8 Å². The molecule has 1 saturated heterocycles. The van der Waals surface area contributed by atoms with E-state index in [4.69, 9.17) is 4.74 Å². The van der Waals surface area contributed by atoms with Crippen molar-refractivity contribution in [3.63, 3.8) is 0 Å². The molecule has 0 radical (unpaired) electrons. The van der Waals surface area contributed by atoms with Crippen molar-refractivity contribution in [1.29, 1.82) is 0 Å². The highest BCUT2D eigenvalue weighted by molar-refractivity contribution is 4.74. The normalized spacial score (nSPS) is 23.6. The second-order valence-electron chi connectivity index (χ2n) is 4.89. The molecule has 1 heterocycles. The van der Waals surface area contributed by atoms with Crippen LogP contribution in [0.15, 0.2) is 0 Å². The van der Waals surface area contributed by atoms with Crippen LogP contribution in [0.4, 0.5) is 0 Å². The Bertz CT molecular complexity index is 169. The van der Waals surface area contributed by atoms with Crippen LogP contribution in [0.1, 0.15) is 33.1 Å². The van der Waals surface area contributed by atoms with Gasteiger partial charge >= 0.3 is 0 Å². The molecule has 0 aliphatic carbocycles. The lowest BCUT2D eigenvalue weighted by molar-refractivity contribution is 0.0358. The first-order chi connectivity index (χ1) is 7.77. The quantitative estimate of drug-likeness (QED) is 0.718. The zero-order valence-electron chi connectivity index (χ0n) is 11.2. The van der Waals surface area contributed by atoms with E-state index in [2.05, 4.69) is 31.1 Å². The van der Waals surface area contributed by atoms with Gasteiger partial charge in [0, 0.05) is 25.7 Å². The van der Waals surface area contributed by atoms with Crippen LogP contribution >= 0.6 is 0 Å². The number of likely N-dealkylation sites (N-methyl/N-ethyl adjacent to an activating group) is 2. The largest absolute Gasteiger partial charge is 0.381 e.